The summed E-state index contributed by atoms with van der Waals surface area (Å²) in [6.45, 7) is 0. The maximum atomic E-state index is 11.8. The zero-order chi connectivity index (χ0) is 18.2. The van der Waals surface area contributed by atoms with Crippen LogP contribution in [-0.4, -0.2) is 54.5 Å². The Morgan fingerprint density at radius 2 is 1.12 bits per heavy atom. The van der Waals surface area contributed by atoms with Gasteiger partial charge in [-0.05, 0) is 12.8 Å². The molecule has 2 amide bonds. The molecule has 0 saturated heterocycles. The Kier molecular flexibility index (Phi) is 16.4. The second kappa shape index (κ2) is 13.9. The second-order valence-corrected chi connectivity index (χ2v) is 6.01. The Hall–Kier alpha value is -0.250. The molecule has 12 nitrogen and oxygen atoms in total. The van der Waals surface area contributed by atoms with Gasteiger partial charge in [0.15, 0.2) is 0 Å². The van der Waals surface area contributed by atoms with Gasteiger partial charge in [-0.2, -0.15) is 17.9 Å². The summed E-state index contributed by atoms with van der Waals surface area (Å²) >= 11 is 0. The number of carboxylic acids is 2. The predicted molar refractivity (Wildman–Crippen MR) is 77.1 cm³/mol. The van der Waals surface area contributed by atoms with Crippen LogP contribution in [0.15, 0.2) is 0 Å². The number of hydrogen-bond acceptors (Lipinski definition) is 6. The van der Waals surface area contributed by atoms with Crippen molar-refractivity contribution >= 4 is 34.0 Å². The van der Waals surface area contributed by atoms with E-state index in [9.17, 15) is 27.6 Å². The maximum Gasteiger partial charge on any atom is 1.00 e. The van der Waals surface area contributed by atoms with Gasteiger partial charge in [0.1, 0.15) is 12.1 Å². The molecular formula is C10H20N4Na2O8S. The third kappa shape index (κ3) is 14.6. The molecule has 2 atom stereocenters. The maximum absolute atomic E-state index is 11.8. The van der Waals surface area contributed by atoms with Crippen molar-refractivity contribution in [2.24, 2.45) is 11.5 Å². The number of amides is 2. The average Bonchev–Trinajstić information content (AvgIpc) is 2.38. The molecule has 0 rings (SSSR count). The Morgan fingerprint density at radius 1 is 0.840 bits per heavy atom. The van der Waals surface area contributed by atoms with Gasteiger partial charge in [0.2, 0.25) is 11.8 Å². The van der Waals surface area contributed by atoms with Gasteiger partial charge in [-0.15, -0.1) is 0 Å². The van der Waals surface area contributed by atoms with Crippen LogP contribution in [0.25, 0.3) is 0 Å². The molecule has 0 heterocycles. The average molecular weight is 402 g/mol. The van der Waals surface area contributed by atoms with E-state index in [-0.39, 0.29) is 74.8 Å². The Labute approximate surface area is 191 Å². The van der Waals surface area contributed by atoms with Crippen LogP contribution >= 0.6 is 0 Å². The van der Waals surface area contributed by atoms with Gasteiger partial charge in [-0.3, -0.25) is 19.2 Å². The number of nitrogens with two attached hydrogens (primary N) is 2. The van der Waals surface area contributed by atoms with Crippen LogP contribution in [0.4, 0.5) is 0 Å². The van der Waals surface area contributed by atoms with Crippen molar-refractivity contribution in [1.29, 1.82) is 0 Å². The summed E-state index contributed by atoms with van der Waals surface area (Å²) in [5.74, 6) is -4.79. The fraction of sp³-hybridized carbons (Fsp3) is 0.600. The fourth-order valence-electron chi connectivity index (χ4n) is 1.45. The molecule has 0 aliphatic rings. The van der Waals surface area contributed by atoms with E-state index in [0.29, 0.717) is 0 Å². The molecule has 0 fully saturated rings. The smallest absolute Gasteiger partial charge is 1.00 e. The van der Waals surface area contributed by atoms with E-state index in [2.05, 4.69) is 0 Å². The van der Waals surface area contributed by atoms with Gasteiger partial charge in [0, 0.05) is 12.8 Å². The van der Waals surface area contributed by atoms with Crippen LogP contribution in [-0.2, 0) is 29.4 Å². The molecular weight excluding hydrogens is 382 g/mol. The number of nitrogens with one attached hydrogen (secondary N) is 2. The Balaban J connectivity index is -0.000000403. The van der Waals surface area contributed by atoms with Crippen LogP contribution in [0.5, 0.6) is 0 Å². The van der Waals surface area contributed by atoms with E-state index >= 15 is 0 Å². The van der Waals surface area contributed by atoms with Crippen molar-refractivity contribution < 1.29 is 99.8 Å². The Bertz CT molecular complexity index is 552. The monoisotopic (exact) mass is 402 g/mol. The Morgan fingerprint density at radius 3 is 1.32 bits per heavy atom. The van der Waals surface area contributed by atoms with E-state index < -0.39 is 58.9 Å². The number of carbonyl (C=O) groups excluding carboxylic acids is 2. The third-order valence-electron chi connectivity index (χ3n) is 2.55. The number of hydrogen-bond donors (Lipinski definition) is 6. The van der Waals surface area contributed by atoms with Crippen LogP contribution in [0.3, 0.4) is 0 Å². The molecule has 0 aliphatic heterocycles. The standard InChI is InChI=1S/C10H18N4O8S.2Na.2H/c11-7(15)3-1-5(9(17)18)13-23(21,22)14-6(10(19)20)2-4-8(12)16;;;;/h5-6,13-14H,1-4H2,(H2,11,15)(H2,12,16)(H,17,18)(H,19,20);;;;/q;2*+1;2*-1/t5-,6-;;;;/m0..../s1. The van der Waals surface area contributed by atoms with Gasteiger partial charge < -0.3 is 24.5 Å². The second-order valence-electron chi connectivity index (χ2n) is 4.53. The van der Waals surface area contributed by atoms with Crippen molar-refractivity contribution in [2.45, 2.75) is 37.8 Å². The summed E-state index contributed by atoms with van der Waals surface area (Å²) in [5.41, 5.74) is 9.69. The molecule has 0 unspecified atom stereocenters. The molecule has 0 radical (unpaired) electrons. The van der Waals surface area contributed by atoms with E-state index in [0.717, 1.165) is 0 Å². The van der Waals surface area contributed by atoms with Gasteiger partial charge in [0.25, 0.3) is 10.2 Å². The molecule has 0 aromatic rings. The largest absolute Gasteiger partial charge is 1.00 e. The van der Waals surface area contributed by atoms with E-state index in [1.807, 2.05) is 0 Å². The number of carboxylic acid groups (broad SMARTS) is 2. The van der Waals surface area contributed by atoms with Crippen LogP contribution in [0.1, 0.15) is 28.5 Å². The topological polar surface area (TPSA) is 219 Å². The van der Waals surface area contributed by atoms with Gasteiger partial charge in [-0.25, -0.2) is 0 Å². The molecule has 0 aliphatic carbocycles. The minimum absolute atomic E-state index is 0. The molecule has 136 valence electrons. The summed E-state index contributed by atoms with van der Waals surface area (Å²) in [7, 11) is -4.53. The first kappa shape index (κ1) is 29.5. The summed E-state index contributed by atoms with van der Waals surface area (Å²) in [4.78, 5) is 43.1. The first-order valence-corrected chi connectivity index (χ1v) is 7.74. The molecule has 15 heteroatoms. The third-order valence-corrected chi connectivity index (χ3v) is 3.74. The van der Waals surface area contributed by atoms with E-state index in [1.165, 1.54) is 0 Å². The number of carbonyl (C=O) groups is 4. The number of aliphatic carboxylic acids is 2. The summed E-state index contributed by atoms with van der Waals surface area (Å²) in [6, 6.07) is -3.35. The van der Waals surface area contributed by atoms with Crippen molar-refractivity contribution in [3.8, 4) is 0 Å². The molecule has 0 spiro atoms. The normalized spacial score (nSPS) is 12.8. The fourth-order valence-corrected chi connectivity index (χ4v) is 2.70. The molecule has 8 N–H and O–H groups in total. The van der Waals surface area contributed by atoms with Gasteiger partial charge >= 0.3 is 71.1 Å². The minimum atomic E-state index is -4.53. The molecule has 0 aromatic carbocycles. The van der Waals surface area contributed by atoms with Crippen molar-refractivity contribution in [2.75, 3.05) is 0 Å². The summed E-state index contributed by atoms with van der Waals surface area (Å²) < 4.78 is 26.9. The SMILES string of the molecule is NC(=O)CC[C@H](NS(=O)(=O)N[C@@H](CCC(N)=O)C(=O)O)C(=O)O.[H-].[H-].[Na+].[Na+]. The number of primary amides is 2. The first-order valence-electron chi connectivity index (χ1n) is 6.26. The van der Waals surface area contributed by atoms with Crippen molar-refractivity contribution in [3.05, 3.63) is 0 Å². The van der Waals surface area contributed by atoms with Crippen LogP contribution < -0.4 is 80.0 Å². The van der Waals surface area contributed by atoms with Crippen LogP contribution in [0, 0.1) is 0 Å². The van der Waals surface area contributed by atoms with Crippen molar-refractivity contribution in [1.82, 2.24) is 9.44 Å². The zero-order valence-electron chi connectivity index (χ0n) is 15.9. The molecule has 25 heavy (non-hydrogen) atoms. The molecule has 0 aromatic heterocycles. The van der Waals surface area contributed by atoms with E-state index in [4.69, 9.17) is 21.7 Å². The zero-order valence-corrected chi connectivity index (χ0v) is 18.7. The van der Waals surface area contributed by atoms with E-state index in [1.54, 1.807) is 9.44 Å². The number of rotatable bonds is 12. The predicted octanol–water partition coefficient (Wildman–Crippen LogP) is -8.92. The first-order chi connectivity index (χ1) is 10.4. The minimum Gasteiger partial charge on any atom is -1.00 e. The van der Waals surface area contributed by atoms with Crippen LogP contribution in [0.2, 0.25) is 0 Å². The van der Waals surface area contributed by atoms with Gasteiger partial charge in [0.05, 0.1) is 0 Å². The van der Waals surface area contributed by atoms with Gasteiger partial charge in [-0.1, -0.05) is 0 Å². The summed E-state index contributed by atoms with van der Waals surface area (Å²) in [6.07, 6.45) is -1.59. The quantitative estimate of drug-likeness (QED) is 0.172. The summed E-state index contributed by atoms with van der Waals surface area (Å²) in [5, 5.41) is 17.8. The molecule has 0 saturated carbocycles. The van der Waals surface area contributed by atoms with Crippen molar-refractivity contribution in [3.63, 3.8) is 0 Å². The molecule has 0 bridgehead atoms.